The van der Waals surface area contributed by atoms with E-state index in [1.165, 1.54) is 34.8 Å². The highest BCUT2D eigenvalue weighted by Gasteiger charge is 2.25. The predicted octanol–water partition coefficient (Wildman–Crippen LogP) is 4.19. The Morgan fingerprint density at radius 2 is 2.00 bits per heavy atom. The van der Waals surface area contributed by atoms with Gasteiger partial charge in [-0.25, -0.2) is 14.2 Å². The molecule has 0 saturated carbocycles. The Bertz CT molecular complexity index is 987. The lowest BCUT2D eigenvalue weighted by Crippen LogP contribution is -2.38. The van der Waals surface area contributed by atoms with Crippen molar-refractivity contribution in [3.8, 4) is 0 Å². The molecule has 138 valence electrons. The van der Waals surface area contributed by atoms with Gasteiger partial charge in [-0.15, -0.1) is 11.3 Å². The van der Waals surface area contributed by atoms with Crippen molar-refractivity contribution < 1.29 is 14.0 Å². The molecule has 9 heteroatoms. The molecule has 6 nitrogen and oxygen atoms in total. The maximum absolute atomic E-state index is 13.7. The molecule has 2 aromatic heterocycles. The molecule has 27 heavy (non-hydrogen) atoms. The van der Waals surface area contributed by atoms with E-state index in [2.05, 4.69) is 15.6 Å². The number of benzene rings is 1. The van der Waals surface area contributed by atoms with E-state index in [-0.39, 0.29) is 17.6 Å². The molecule has 0 bridgehead atoms. The zero-order chi connectivity index (χ0) is 18.8. The summed E-state index contributed by atoms with van der Waals surface area (Å²) in [5, 5.41) is 7.76. The Balaban J connectivity index is 1.42. The number of carbonyl (C=O) groups is 2. The van der Waals surface area contributed by atoms with Crippen molar-refractivity contribution >= 4 is 45.4 Å². The quantitative estimate of drug-likeness (QED) is 0.690. The van der Waals surface area contributed by atoms with Crippen LogP contribution in [-0.4, -0.2) is 28.4 Å². The first-order chi connectivity index (χ1) is 13.1. The minimum Gasteiger partial charge on any atom is -0.319 e. The van der Waals surface area contributed by atoms with Crippen molar-refractivity contribution in [2.75, 3.05) is 17.2 Å². The van der Waals surface area contributed by atoms with E-state index in [9.17, 15) is 14.0 Å². The van der Waals surface area contributed by atoms with Crippen molar-refractivity contribution in [3.63, 3.8) is 0 Å². The monoisotopic (exact) mass is 402 g/mol. The molecule has 3 amide bonds. The van der Waals surface area contributed by atoms with Gasteiger partial charge in [0.1, 0.15) is 5.82 Å². The van der Waals surface area contributed by atoms with Crippen molar-refractivity contribution in [3.05, 3.63) is 63.0 Å². The molecule has 0 atom stereocenters. The van der Waals surface area contributed by atoms with Crippen LogP contribution in [-0.2, 0) is 13.0 Å². The normalized spacial score (nSPS) is 13.1. The summed E-state index contributed by atoms with van der Waals surface area (Å²) < 4.78 is 13.7. The van der Waals surface area contributed by atoms with Gasteiger partial charge in [-0.1, -0.05) is 29.5 Å². The maximum atomic E-state index is 13.7. The molecule has 3 aromatic rings. The van der Waals surface area contributed by atoms with Gasteiger partial charge >= 0.3 is 6.03 Å². The van der Waals surface area contributed by atoms with Crippen LogP contribution in [0.1, 0.15) is 20.2 Å². The number of anilines is 2. The average Bonchev–Trinajstić information content (AvgIpc) is 3.32. The van der Waals surface area contributed by atoms with Crippen molar-refractivity contribution in [1.82, 2.24) is 9.88 Å². The summed E-state index contributed by atoms with van der Waals surface area (Å²) in [7, 11) is 0. The molecule has 0 radical (unpaired) electrons. The lowest BCUT2D eigenvalue weighted by Gasteiger charge is -2.26. The second-order valence-electron chi connectivity index (χ2n) is 5.90. The van der Waals surface area contributed by atoms with Crippen LogP contribution in [0.15, 0.2) is 41.8 Å². The van der Waals surface area contributed by atoms with Crippen LogP contribution in [0.4, 0.5) is 20.0 Å². The first-order valence-corrected chi connectivity index (χ1v) is 9.93. The lowest BCUT2D eigenvalue weighted by atomic mass is 10.2. The molecule has 0 saturated heterocycles. The van der Waals surface area contributed by atoms with Gasteiger partial charge in [0.2, 0.25) is 0 Å². The Labute approximate surface area is 162 Å². The molecule has 0 aliphatic carbocycles. The molecule has 4 rings (SSSR count). The second kappa shape index (κ2) is 7.45. The van der Waals surface area contributed by atoms with E-state index in [0.29, 0.717) is 29.5 Å². The fourth-order valence-electron chi connectivity index (χ4n) is 2.75. The number of aromatic nitrogens is 1. The number of thiophene rings is 1. The topological polar surface area (TPSA) is 74.3 Å². The smallest absolute Gasteiger partial charge is 0.319 e. The minimum atomic E-state index is -0.472. The van der Waals surface area contributed by atoms with Gasteiger partial charge in [0.15, 0.2) is 5.13 Å². The molecule has 1 aliphatic heterocycles. The van der Waals surface area contributed by atoms with Crippen molar-refractivity contribution in [2.45, 2.75) is 13.0 Å². The van der Waals surface area contributed by atoms with Crippen LogP contribution >= 0.6 is 22.7 Å². The molecule has 1 aromatic carbocycles. The van der Waals surface area contributed by atoms with Gasteiger partial charge in [0.05, 0.1) is 22.8 Å². The Hall–Kier alpha value is -2.78. The lowest BCUT2D eigenvalue weighted by molar-refractivity contribution is 0.103. The molecule has 0 unspecified atom stereocenters. The van der Waals surface area contributed by atoms with Gasteiger partial charge in [0, 0.05) is 17.8 Å². The standard InChI is InChI=1S/C18H15FN4O2S2/c19-11-4-1-2-5-12(11)21-18(25)23-8-7-13-15(10-23)27-17(20-13)22-16(24)14-6-3-9-26-14/h1-6,9H,7-8,10H2,(H,21,25)(H,20,22,24). The number of carbonyl (C=O) groups excluding carboxylic acids is 2. The summed E-state index contributed by atoms with van der Waals surface area (Å²) in [6, 6.07) is 9.27. The Morgan fingerprint density at radius 1 is 1.15 bits per heavy atom. The Kier molecular flexibility index (Phi) is 4.87. The van der Waals surface area contributed by atoms with E-state index in [0.717, 1.165) is 10.6 Å². The van der Waals surface area contributed by atoms with Gasteiger partial charge in [-0.05, 0) is 23.6 Å². The molecule has 3 heterocycles. The maximum Gasteiger partial charge on any atom is 0.322 e. The summed E-state index contributed by atoms with van der Waals surface area (Å²) >= 11 is 2.72. The van der Waals surface area contributed by atoms with E-state index in [1.54, 1.807) is 23.1 Å². The minimum absolute atomic E-state index is 0.154. The number of rotatable bonds is 3. The third-order valence-corrected chi connectivity index (χ3v) is 5.97. The first-order valence-electron chi connectivity index (χ1n) is 8.24. The zero-order valence-corrected chi connectivity index (χ0v) is 15.7. The number of fused-ring (bicyclic) bond motifs is 1. The number of hydrogen-bond acceptors (Lipinski definition) is 5. The summed E-state index contributed by atoms with van der Waals surface area (Å²) in [4.78, 5) is 32.2. The van der Waals surface area contributed by atoms with Gasteiger partial charge in [0.25, 0.3) is 5.91 Å². The number of thiazole rings is 1. The van der Waals surface area contributed by atoms with Gasteiger partial charge in [-0.2, -0.15) is 0 Å². The SMILES string of the molecule is O=C(Nc1nc2c(s1)CN(C(=O)Nc1ccccc1F)CC2)c1cccs1. The molecule has 2 N–H and O–H groups in total. The largest absolute Gasteiger partial charge is 0.322 e. The average molecular weight is 402 g/mol. The number of amides is 3. The Morgan fingerprint density at radius 3 is 2.78 bits per heavy atom. The number of nitrogens with zero attached hydrogens (tertiary/aromatic N) is 2. The third kappa shape index (κ3) is 3.83. The second-order valence-corrected chi connectivity index (χ2v) is 7.93. The highest BCUT2D eigenvalue weighted by Crippen LogP contribution is 2.29. The number of halogens is 1. The van der Waals surface area contributed by atoms with Crippen LogP contribution in [0.2, 0.25) is 0 Å². The van der Waals surface area contributed by atoms with Gasteiger partial charge in [-0.3, -0.25) is 10.1 Å². The van der Waals surface area contributed by atoms with Crippen molar-refractivity contribution in [1.29, 1.82) is 0 Å². The van der Waals surface area contributed by atoms with Crippen LogP contribution < -0.4 is 10.6 Å². The number of hydrogen-bond donors (Lipinski definition) is 2. The molecular weight excluding hydrogens is 387 g/mol. The molecule has 1 aliphatic rings. The fourth-order valence-corrected chi connectivity index (χ4v) is 4.38. The highest BCUT2D eigenvalue weighted by atomic mass is 32.1. The van der Waals surface area contributed by atoms with E-state index in [4.69, 9.17) is 0 Å². The van der Waals surface area contributed by atoms with Crippen LogP contribution in [0.25, 0.3) is 0 Å². The fraction of sp³-hybridized carbons (Fsp3) is 0.167. The summed E-state index contributed by atoms with van der Waals surface area (Å²) in [6.07, 6.45) is 0.589. The van der Waals surface area contributed by atoms with Crippen LogP contribution in [0.3, 0.4) is 0 Å². The van der Waals surface area contributed by atoms with E-state index < -0.39 is 5.82 Å². The van der Waals surface area contributed by atoms with Crippen LogP contribution in [0, 0.1) is 5.82 Å². The number of nitrogens with one attached hydrogen (secondary N) is 2. The number of para-hydroxylation sites is 1. The third-order valence-electron chi connectivity index (χ3n) is 4.10. The predicted molar refractivity (Wildman–Crippen MR) is 104 cm³/mol. The zero-order valence-electron chi connectivity index (χ0n) is 14.1. The molecular formula is C18H15FN4O2S2. The molecule has 0 fully saturated rings. The van der Waals surface area contributed by atoms with Gasteiger partial charge < -0.3 is 10.2 Å². The van der Waals surface area contributed by atoms with Crippen molar-refractivity contribution in [2.24, 2.45) is 0 Å². The summed E-state index contributed by atoms with van der Waals surface area (Å²) in [5.74, 6) is -0.662. The van der Waals surface area contributed by atoms with E-state index >= 15 is 0 Å². The highest BCUT2D eigenvalue weighted by molar-refractivity contribution is 7.16. The first kappa shape index (κ1) is 17.6. The van der Waals surface area contributed by atoms with Crippen LogP contribution in [0.5, 0.6) is 0 Å². The summed E-state index contributed by atoms with van der Waals surface area (Å²) in [5.41, 5.74) is 1.04. The molecule has 0 spiro atoms. The van der Waals surface area contributed by atoms with E-state index in [1.807, 2.05) is 11.4 Å². The summed E-state index contributed by atoms with van der Waals surface area (Å²) in [6.45, 7) is 0.859. The number of urea groups is 1.